The molecule has 2 aliphatic rings. The molecule has 7 nitrogen and oxygen atoms in total. The Morgan fingerprint density at radius 1 is 1.00 bits per heavy atom. The van der Waals surface area contributed by atoms with E-state index in [4.69, 9.17) is 4.42 Å². The number of hydrogen-bond acceptors (Lipinski definition) is 7. The molecule has 0 amide bonds. The van der Waals surface area contributed by atoms with Crippen LogP contribution < -0.4 is 4.90 Å². The lowest BCUT2D eigenvalue weighted by Crippen LogP contribution is -2.50. The van der Waals surface area contributed by atoms with Crippen molar-refractivity contribution >= 4 is 37.7 Å². The van der Waals surface area contributed by atoms with Gasteiger partial charge in [0.05, 0.1) is 11.5 Å². The van der Waals surface area contributed by atoms with E-state index in [1.165, 1.54) is 0 Å². The first-order chi connectivity index (χ1) is 13.1. The number of fused-ring (bicyclic) bond motifs is 3. The van der Waals surface area contributed by atoms with Gasteiger partial charge in [-0.3, -0.25) is 4.90 Å². The summed E-state index contributed by atoms with van der Waals surface area (Å²) in [6.45, 7) is 3.09. The first kappa shape index (κ1) is 16.9. The van der Waals surface area contributed by atoms with Crippen LogP contribution in [0.1, 0.15) is 12.8 Å². The second-order valence-electron chi connectivity index (χ2n) is 7.38. The predicted molar refractivity (Wildman–Crippen MR) is 105 cm³/mol. The molecular formula is C19H22N4O3S. The van der Waals surface area contributed by atoms with Crippen LogP contribution in [0.4, 0.5) is 5.82 Å². The maximum atomic E-state index is 11.7. The molecule has 5 rings (SSSR count). The molecule has 0 bridgehead atoms. The van der Waals surface area contributed by atoms with Gasteiger partial charge in [-0.15, -0.1) is 0 Å². The maximum absolute atomic E-state index is 11.7. The van der Waals surface area contributed by atoms with Gasteiger partial charge in [-0.2, -0.15) is 0 Å². The van der Waals surface area contributed by atoms with Crippen molar-refractivity contribution in [3.8, 4) is 0 Å². The van der Waals surface area contributed by atoms with Gasteiger partial charge in [0.25, 0.3) is 0 Å². The van der Waals surface area contributed by atoms with Crippen molar-refractivity contribution in [2.75, 3.05) is 42.6 Å². The minimum atomic E-state index is -2.83. The van der Waals surface area contributed by atoms with E-state index in [1.54, 1.807) is 6.33 Å². The van der Waals surface area contributed by atoms with Crippen LogP contribution in [-0.4, -0.2) is 67.0 Å². The lowest BCUT2D eigenvalue weighted by atomic mass is 10.0. The zero-order chi connectivity index (χ0) is 18.4. The Morgan fingerprint density at radius 3 is 2.52 bits per heavy atom. The van der Waals surface area contributed by atoms with Gasteiger partial charge >= 0.3 is 0 Å². The summed E-state index contributed by atoms with van der Waals surface area (Å²) in [5.74, 6) is 1.44. The largest absolute Gasteiger partial charge is 0.450 e. The van der Waals surface area contributed by atoms with Crippen molar-refractivity contribution in [1.82, 2.24) is 14.9 Å². The number of aromatic nitrogens is 2. The third-order valence-corrected chi connectivity index (χ3v) is 7.41. The molecule has 0 N–H and O–H groups in total. The summed E-state index contributed by atoms with van der Waals surface area (Å²) in [7, 11) is -2.83. The minimum Gasteiger partial charge on any atom is -0.450 e. The number of anilines is 1. The van der Waals surface area contributed by atoms with Gasteiger partial charge in [-0.25, -0.2) is 18.4 Å². The molecule has 2 aliphatic heterocycles. The molecule has 0 radical (unpaired) electrons. The monoisotopic (exact) mass is 386 g/mol. The SMILES string of the molecule is O=S1(=O)CCN(C2CCN(c3ncnc4c3oc3ccccc34)CC2)CC1. The number of para-hydroxylation sites is 1. The Hall–Kier alpha value is -2.19. The van der Waals surface area contributed by atoms with Gasteiger partial charge in [0, 0.05) is 37.6 Å². The molecule has 0 spiro atoms. The van der Waals surface area contributed by atoms with E-state index < -0.39 is 9.84 Å². The first-order valence-corrected chi connectivity index (χ1v) is 11.2. The second-order valence-corrected chi connectivity index (χ2v) is 9.68. The lowest BCUT2D eigenvalue weighted by Gasteiger charge is -2.40. The summed E-state index contributed by atoms with van der Waals surface area (Å²) in [4.78, 5) is 13.6. The van der Waals surface area contributed by atoms with Gasteiger partial charge in [0.15, 0.2) is 21.2 Å². The van der Waals surface area contributed by atoms with Crippen LogP contribution in [0.5, 0.6) is 0 Å². The van der Waals surface area contributed by atoms with Crippen LogP contribution in [0.25, 0.3) is 22.1 Å². The maximum Gasteiger partial charge on any atom is 0.196 e. The van der Waals surface area contributed by atoms with Gasteiger partial charge in [-0.1, -0.05) is 12.1 Å². The number of benzene rings is 1. The molecule has 8 heteroatoms. The Labute approximate surface area is 157 Å². The van der Waals surface area contributed by atoms with Crippen molar-refractivity contribution in [2.24, 2.45) is 0 Å². The lowest BCUT2D eigenvalue weighted by molar-refractivity contribution is 0.182. The molecule has 2 fully saturated rings. The van der Waals surface area contributed by atoms with Gasteiger partial charge in [0.1, 0.15) is 17.4 Å². The zero-order valence-electron chi connectivity index (χ0n) is 15.0. The molecule has 4 heterocycles. The van der Waals surface area contributed by atoms with Gasteiger partial charge in [0.2, 0.25) is 0 Å². The van der Waals surface area contributed by atoms with Crippen molar-refractivity contribution in [1.29, 1.82) is 0 Å². The van der Waals surface area contributed by atoms with Crippen LogP contribution in [0.3, 0.4) is 0 Å². The first-order valence-electron chi connectivity index (χ1n) is 9.42. The average Bonchev–Trinajstić information content (AvgIpc) is 3.07. The molecule has 0 atom stereocenters. The molecule has 27 heavy (non-hydrogen) atoms. The summed E-state index contributed by atoms with van der Waals surface area (Å²) in [6.07, 6.45) is 3.62. The van der Waals surface area contributed by atoms with E-state index in [1.807, 2.05) is 24.3 Å². The van der Waals surface area contributed by atoms with Crippen LogP contribution >= 0.6 is 0 Å². The average molecular weight is 386 g/mol. The molecular weight excluding hydrogens is 364 g/mol. The van der Waals surface area contributed by atoms with Crippen molar-refractivity contribution in [2.45, 2.75) is 18.9 Å². The molecule has 2 saturated heterocycles. The fourth-order valence-electron chi connectivity index (χ4n) is 4.27. The minimum absolute atomic E-state index is 0.290. The number of piperidine rings is 1. The molecule has 142 valence electrons. The summed E-state index contributed by atoms with van der Waals surface area (Å²) < 4.78 is 29.4. The van der Waals surface area contributed by atoms with Gasteiger partial charge in [-0.05, 0) is 25.0 Å². The Morgan fingerprint density at radius 2 is 1.74 bits per heavy atom. The summed E-state index contributed by atoms with van der Waals surface area (Å²) in [6, 6.07) is 8.38. The third kappa shape index (κ3) is 3.06. The van der Waals surface area contributed by atoms with Crippen molar-refractivity contribution in [3.05, 3.63) is 30.6 Å². The topological polar surface area (TPSA) is 79.5 Å². The molecule has 2 aromatic heterocycles. The number of sulfone groups is 1. The molecule has 3 aromatic rings. The van der Waals surface area contributed by atoms with E-state index in [-0.39, 0.29) is 0 Å². The number of rotatable bonds is 2. The molecule has 0 aliphatic carbocycles. The van der Waals surface area contributed by atoms with Crippen LogP contribution in [0.15, 0.2) is 35.0 Å². The van der Waals surface area contributed by atoms with Crippen molar-refractivity contribution in [3.63, 3.8) is 0 Å². The van der Waals surface area contributed by atoms with Gasteiger partial charge < -0.3 is 9.32 Å². The number of furan rings is 1. The predicted octanol–water partition coefficient (Wildman–Crippen LogP) is 2.08. The fourth-order valence-corrected chi connectivity index (χ4v) is 5.50. The molecule has 0 unspecified atom stereocenters. The summed E-state index contributed by atoms with van der Waals surface area (Å²) in [5, 5.41) is 1.01. The highest BCUT2D eigenvalue weighted by Crippen LogP contribution is 2.33. The highest BCUT2D eigenvalue weighted by Gasteiger charge is 2.30. The number of hydrogen-bond donors (Lipinski definition) is 0. The standard InChI is InChI=1S/C19H22N4O3S/c24-27(25)11-9-22(10-12-27)14-5-7-23(8-6-14)19-18-17(20-13-21-19)15-3-1-2-4-16(15)26-18/h1-4,13-14H,5-12H2. The molecule has 0 saturated carbocycles. The van der Waals surface area contributed by atoms with E-state index in [9.17, 15) is 8.42 Å². The van der Waals surface area contributed by atoms with Crippen LogP contribution in [-0.2, 0) is 9.84 Å². The normalized spacial score (nSPS) is 21.9. The van der Waals surface area contributed by atoms with Crippen LogP contribution in [0.2, 0.25) is 0 Å². The van der Waals surface area contributed by atoms with E-state index in [0.717, 1.165) is 53.8 Å². The van der Waals surface area contributed by atoms with E-state index in [2.05, 4.69) is 19.8 Å². The Bertz CT molecular complexity index is 1070. The quantitative estimate of drug-likeness (QED) is 0.667. The molecule has 1 aromatic carbocycles. The van der Waals surface area contributed by atoms with E-state index in [0.29, 0.717) is 30.6 Å². The van der Waals surface area contributed by atoms with Crippen LogP contribution in [0, 0.1) is 0 Å². The summed E-state index contributed by atoms with van der Waals surface area (Å²) >= 11 is 0. The number of nitrogens with zero attached hydrogens (tertiary/aromatic N) is 4. The second kappa shape index (κ2) is 6.45. The summed E-state index contributed by atoms with van der Waals surface area (Å²) in [5.41, 5.74) is 2.44. The third-order valence-electron chi connectivity index (χ3n) is 5.80. The zero-order valence-corrected chi connectivity index (χ0v) is 15.9. The smallest absolute Gasteiger partial charge is 0.196 e. The highest BCUT2D eigenvalue weighted by molar-refractivity contribution is 7.91. The van der Waals surface area contributed by atoms with Crippen molar-refractivity contribution < 1.29 is 12.8 Å². The highest BCUT2D eigenvalue weighted by atomic mass is 32.2. The fraction of sp³-hybridized carbons (Fsp3) is 0.474. The Kier molecular flexibility index (Phi) is 4.05. The van der Waals surface area contributed by atoms with E-state index >= 15 is 0 Å². The Balaban J connectivity index is 1.35.